The first-order chi connectivity index (χ1) is 12.1. The molecule has 0 bridgehead atoms. The Hall–Kier alpha value is -1.51. The monoisotopic (exact) mass is 422 g/mol. The van der Waals surface area contributed by atoms with Gasteiger partial charge >= 0.3 is 0 Å². The van der Waals surface area contributed by atoms with Crippen LogP contribution in [0.15, 0.2) is 23.1 Å². The Balaban J connectivity index is 0.00000676. The van der Waals surface area contributed by atoms with E-state index >= 15 is 0 Å². The minimum Gasteiger partial charge on any atom is -0.493 e. The molecule has 0 radical (unpaired) electrons. The zero-order valence-corrected chi connectivity index (χ0v) is 18.2. The molecule has 0 aromatic heterocycles. The molecule has 0 fully saturated rings. The minimum atomic E-state index is -3.60. The predicted octanol–water partition coefficient (Wildman–Crippen LogP) is 2.12. The summed E-state index contributed by atoms with van der Waals surface area (Å²) in [5, 5.41) is 0. The largest absolute Gasteiger partial charge is 0.493 e. The number of halogens is 1. The number of nitrogens with zero attached hydrogens (tertiary/aromatic N) is 1. The third-order valence-corrected chi connectivity index (χ3v) is 6.09. The van der Waals surface area contributed by atoms with Gasteiger partial charge in [-0.3, -0.25) is 4.79 Å². The van der Waals surface area contributed by atoms with Crippen LogP contribution in [-0.2, 0) is 14.6 Å². The highest BCUT2D eigenvalue weighted by Gasteiger charge is 2.20. The van der Waals surface area contributed by atoms with Crippen molar-refractivity contribution in [2.75, 3.05) is 33.6 Å². The number of amides is 1. The van der Waals surface area contributed by atoms with E-state index in [0.717, 1.165) is 0 Å². The van der Waals surface area contributed by atoms with Crippen LogP contribution in [0.3, 0.4) is 0 Å². The van der Waals surface area contributed by atoms with Crippen molar-refractivity contribution in [3.05, 3.63) is 18.2 Å². The van der Waals surface area contributed by atoms with Gasteiger partial charge in [-0.25, -0.2) is 8.42 Å². The quantitative estimate of drug-likeness (QED) is 0.620. The topological polar surface area (TPSA) is 98.9 Å². The lowest BCUT2D eigenvalue weighted by Gasteiger charge is -2.21. The summed E-state index contributed by atoms with van der Waals surface area (Å²) in [5.41, 5.74) is 5.98. The molecule has 0 heterocycles. The van der Waals surface area contributed by atoms with Crippen LogP contribution in [0.4, 0.5) is 0 Å². The number of hydrogen-bond donors (Lipinski definition) is 1. The molecule has 1 unspecified atom stereocenters. The summed E-state index contributed by atoms with van der Waals surface area (Å²) < 4.78 is 35.2. The molecule has 0 aliphatic rings. The minimum absolute atomic E-state index is 0. The maximum absolute atomic E-state index is 12.5. The third kappa shape index (κ3) is 7.56. The molecule has 1 atom stereocenters. The molecule has 0 saturated heterocycles. The first-order valence-electron chi connectivity index (χ1n) is 8.56. The Morgan fingerprint density at radius 3 is 2.30 bits per heavy atom. The van der Waals surface area contributed by atoms with Crippen molar-refractivity contribution < 1.29 is 22.7 Å². The summed E-state index contributed by atoms with van der Waals surface area (Å²) in [7, 11) is 0.983. The third-order valence-electron chi connectivity index (χ3n) is 4.38. The summed E-state index contributed by atoms with van der Waals surface area (Å²) in [6.07, 6.45) is 0.604. The maximum atomic E-state index is 12.5. The van der Waals surface area contributed by atoms with Crippen LogP contribution >= 0.6 is 12.4 Å². The Morgan fingerprint density at radius 2 is 1.78 bits per heavy atom. The first-order valence-corrected chi connectivity index (χ1v) is 10.2. The van der Waals surface area contributed by atoms with Crippen LogP contribution in [0.1, 0.15) is 26.7 Å². The van der Waals surface area contributed by atoms with E-state index < -0.39 is 9.84 Å². The summed E-state index contributed by atoms with van der Waals surface area (Å²) in [4.78, 5) is 13.8. The van der Waals surface area contributed by atoms with Crippen LogP contribution in [0, 0.1) is 5.92 Å². The van der Waals surface area contributed by atoms with Crippen molar-refractivity contribution in [2.24, 2.45) is 11.7 Å². The molecule has 9 heteroatoms. The average molecular weight is 423 g/mol. The van der Waals surface area contributed by atoms with Gasteiger partial charge in [-0.2, -0.15) is 0 Å². The van der Waals surface area contributed by atoms with E-state index in [-0.39, 0.29) is 41.4 Å². The predicted molar refractivity (Wildman–Crippen MR) is 109 cm³/mol. The van der Waals surface area contributed by atoms with Gasteiger partial charge in [0.15, 0.2) is 21.3 Å². The number of sulfone groups is 1. The van der Waals surface area contributed by atoms with Crippen molar-refractivity contribution in [2.45, 2.75) is 37.6 Å². The lowest BCUT2D eigenvalue weighted by atomic mass is 10.0. The van der Waals surface area contributed by atoms with Gasteiger partial charge < -0.3 is 20.1 Å². The van der Waals surface area contributed by atoms with Crippen molar-refractivity contribution in [1.82, 2.24) is 4.90 Å². The number of carbonyl (C=O) groups is 1. The fraction of sp³-hybridized carbons (Fsp3) is 0.611. The Bertz CT molecular complexity index is 710. The Labute approximate surface area is 168 Å². The molecule has 2 N–H and O–H groups in total. The summed E-state index contributed by atoms with van der Waals surface area (Å²) in [6, 6.07) is 4.41. The van der Waals surface area contributed by atoms with E-state index in [0.29, 0.717) is 30.4 Å². The number of hydrogen-bond acceptors (Lipinski definition) is 6. The van der Waals surface area contributed by atoms with Gasteiger partial charge in [0.25, 0.3) is 0 Å². The van der Waals surface area contributed by atoms with Crippen molar-refractivity contribution in [1.29, 1.82) is 0 Å². The van der Waals surface area contributed by atoms with E-state index in [1.165, 1.54) is 37.3 Å². The van der Waals surface area contributed by atoms with Crippen LogP contribution in [0.5, 0.6) is 11.5 Å². The van der Waals surface area contributed by atoms with Gasteiger partial charge in [0.05, 0.1) is 24.9 Å². The molecule has 1 aromatic carbocycles. The fourth-order valence-electron chi connectivity index (χ4n) is 2.34. The lowest BCUT2D eigenvalue weighted by Crippen LogP contribution is -2.35. The van der Waals surface area contributed by atoms with Gasteiger partial charge in [-0.15, -0.1) is 12.4 Å². The number of carbonyl (C=O) groups excluding carboxylic acids is 1. The van der Waals surface area contributed by atoms with Gasteiger partial charge in [-0.05, 0) is 24.5 Å². The van der Waals surface area contributed by atoms with Crippen LogP contribution in [0.2, 0.25) is 0 Å². The highest BCUT2D eigenvalue weighted by molar-refractivity contribution is 7.91. The zero-order chi connectivity index (χ0) is 19.9. The second-order valence-electron chi connectivity index (χ2n) is 6.60. The number of benzene rings is 1. The van der Waals surface area contributed by atoms with E-state index in [4.69, 9.17) is 15.2 Å². The number of rotatable bonds is 10. The van der Waals surface area contributed by atoms with E-state index in [2.05, 4.69) is 0 Å². The van der Waals surface area contributed by atoms with Crippen LogP contribution < -0.4 is 15.2 Å². The van der Waals surface area contributed by atoms with Crippen molar-refractivity contribution >= 4 is 28.2 Å². The maximum Gasteiger partial charge on any atom is 0.223 e. The first kappa shape index (κ1) is 25.5. The Kier molecular flexibility index (Phi) is 10.7. The molecule has 0 spiro atoms. The molecule has 156 valence electrons. The fourth-order valence-corrected chi connectivity index (χ4v) is 3.58. The second-order valence-corrected chi connectivity index (χ2v) is 8.71. The molecule has 1 amide bonds. The van der Waals surface area contributed by atoms with Gasteiger partial charge in [0.1, 0.15) is 0 Å². The zero-order valence-electron chi connectivity index (χ0n) is 16.6. The standard InChI is InChI=1S/C18H30N2O5S.ClH/c1-13(2)15(19)8-10-20(3)18(21)9-11-26(22,23)14-6-7-16(24-4)17(12-14)25-5;/h6-7,12-13,15H,8-11,19H2,1-5H3;1H. The van der Waals surface area contributed by atoms with Gasteiger partial charge in [0, 0.05) is 32.1 Å². The molecule has 27 heavy (non-hydrogen) atoms. The average Bonchev–Trinajstić information content (AvgIpc) is 2.62. The number of nitrogens with two attached hydrogens (primary N) is 1. The summed E-state index contributed by atoms with van der Waals surface area (Å²) in [5.74, 6) is 0.638. The molecular weight excluding hydrogens is 392 g/mol. The van der Waals surface area contributed by atoms with Gasteiger partial charge in [0.2, 0.25) is 5.91 Å². The second kappa shape index (κ2) is 11.4. The highest BCUT2D eigenvalue weighted by atomic mass is 35.5. The Morgan fingerprint density at radius 1 is 1.19 bits per heavy atom. The van der Waals surface area contributed by atoms with Crippen molar-refractivity contribution in [3.63, 3.8) is 0 Å². The number of methoxy groups -OCH3 is 2. The molecule has 0 aliphatic carbocycles. The van der Waals surface area contributed by atoms with Crippen molar-refractivity contribution in [3.8, 4) is 11.5 Å². The lowest BCUT2D eigenvalue weighted by molar-refractivity contribution is -0.129. The number of ether oxygens (including phenoxy) is 2. The molecule has 7 nitrogen and oxygen atoms in total. The van der Waals surface area contributed by atoms with Crippen LogP contribution in [0.25, 0.3) is 0 Å². The molecule has 0 aliphatic heterocycles. The van der Waals surface area contributed by atoms with E-state index in [9.17, 15) is 13.2 Å². The van der Waals surface area contributed by atoms with Crippen LogP contribution in [-0.4, -0.2) is 58.8 Å². The molecule has 1 aromatic rings. The normalized spacial score (nSPS) is 12.3. The van der Waals surface area contributed by atoms with E-state index in [1.54, 1.807) is 7.05 Å². The highest BCUT2D eigenvalue weighted by Crippen LogP contribution is 2.29. The molecular formula is C18H31ClN2O5S. The molecule has 0 saturated carbocycles. The smallest absolute Gasteiger partial charge is 0.223 e. The van der Waals surface area contributed by atoms with E-state index in [1.807, 2.05) is 13.8 Å². The molecule has 1 rings (SSSR count). The SMILES string of the molecule is COc1ccc(S(=O)(=O)CCC(=O)N(C)CCC(N)C(C)C)cc1OC.Cl. The summed E-state index contributed by atoms with van der Waals surface area (Å²) >= 11 is 0. The summed E-state index contributed by atoms with van der Waals surface area (Å²) in [6.45, 7) is 4.57. The van der Waals surface area contributed by atoms with Gasteiger partial charge in [-0.1, -0.05) is 13.8 Å².